The normalized spacial score (nSPS) is 13.5. The van der Waals surface area contributed by atoms with E-state index in [4.69, 9.17) is 4.74 Å². The van der Waals surface area contributed by atoms with Gasteiger partial charge in [-0.1, -0.05) is 0 Å². The summed E-state index contributed by atoms with van der Waals surface area (Å²) in [5, 5.41) is 3.86. The highest BCUT2D eigenvalue weighted by atomic mass is 32.2. The van der Waals surface area contributed by atoms with E-state index in [0.717, 1.165) is 17.2 Å². The predicted molar refractivity (Wildman–Crippen MR) is 127 cm³/mol. The summed E-state index contributed by atoms with van der Waals surface area (Å²) in [6.07, 6.45) is 3.92. The lowest BCUT2D eigenvalue weighted by Gasteiger charge is -2.16. The van der Waals surface area contributed by atoms with Crippen LogP contribution < -0.4 is 19.5 Å². The number of aryl methyl sites for hydroxylation is 1. The molecule has 0 saturated carbocycles. The van der Waals surface area contributed by atoms with Gasteiger partial charge in [-0.3, -0.25) is 0 Å². The van der Waals surface area contributed by atoms with Crippen LogP contribution in [0.4, 0.5) is 21.6 Å². The number of hydrogen-bond acceptors (Lipinski definition) is 7. The van der Waals surface area contributed by atoms with E-state index in [2.05, 4.69) is 30.6 Å². The molecular weight excluding hydrogens is 457 g/mol. The van der Waals surface area contributed by atoms with Gasteiger partial charge in [0.15, 0.2) is 0 Å². The van der Waals surface area contributed by atoms with Crippen molar-refractivity contribution in [2.45, 2.75) is 6.92 Å². The monoisotopic (exact) mass is 481 g/mol. The maximum atomic E-state index is 13.8. The quantitative estimate of drug-likeness (QED) is 0.317. The predicted octanol–water partition coefficient (Wildman–Crippen LogP) is 2.42. The zero-order valence-corrected chi connectivity index (χ0v) is 19.4. The minimum absolute atomic E-state index is 0.00509. The number of rotatable bonds is 9. The van der Waals surface area contributed by atoms with Crippen LogP contribution in [0.1, 0.15) is 5.56 Å². The van der Waals surface area contributed by atoms with E-state index in [9.17, 15) is 17.0 Å². The Balaban J connectivity index is 1.90. The van der Waals surface area contributed by atoms with E-state index in [1.54, 1.807) is 6.07 Å². The first kappa shape index (κ1) is 23.7. The van der Waals surface area contributed by atoms with E-state index in [-0.39, 0.29) is 18.9 Å². The molecule has 0 aliphatic carbocycles. The van der Waals surface area contributed by atoms with Gasteiger partial charge in [-0.15, -0.1) is 0 Å². The van der Waals surface area contributed by atoms with Crippen molar-refractivity contribution in [1.82, 2.24) is 14.7 Å². The molecule has 0 amide bonds. The van der Waals surface area contributed by atoms with E-state index >= 15 is 0 Å². The molecule has 0 saturated heterocycles. The summed E-state index contributed by atoms with van der Waals surface area (Å²) in [4.78, 5) is 8.60. The highest BCUT2D eigenvalue weighted by Gasteiger charge is 2.13. The van der Waals surface area contributed by atoms with Crippen molar-refractivity contribution >= 4 is 53.7 Å². The van der Waals surface area contributed by atoms with Crippen LogP contribution in [0.25, 0.3) is 10.9 Å². The Bertz CT molecular complexity index is 1360. The van der Waals surface area contributed by atoms with Gasteiger partial charge in [0.2, 0.25) is 10.0 Å². The Morgan fingerprint density at radius 1 is 1.12 bits per heavy atom. The van der Waals surface area contributed by atoms with E-state index in [0.29, 0.717) is 22.7 Å². The zero-order chi connectivity index (χ0) is 23.5. The second-order valence-corrected chi connectivity index (χ2v) is 11.3. The number of fused-ring (bicyclic) bond motifs is 1. The third-order valence-corrected chi connectivity index (χ3v) is 5.59. The number of sulfonamides is 1. The van der Waals surface area contributed by atoms with Gasteiger partial charge in [0.1, 0.15) is 30.3 Å². The number of nitrogens with zero attached hydrogens (tertiary/aromatic N) is 2. The summed E-state index contributed by atoms with van der Waals surface area (Å²) in [5.74, 6) is 3.77. The van der Waals surface area contributed by atoms with Crippen LogP contribution in [-0.4, -0.2) is 54.1 Å². The molecular formula is C20H24FN5O4S2. The van der Waals surface area contributed by atoms with Crippen molar-refractivity contribution in [3.8, 4) is 5.75 Å². The number of halogens is 1. The van der Waals surface area contributed by atoms with Crippen LogP contribution in [-0.2, 0) is 19.7 Å². The summed E-state index contributed by atoms with van der Waals surface area (Å²) in [7, 11) is -5.81. The van der Waals surface area contributed by atoms with Crippen LogP contribution in [0.15, 0.2) is 36.7 Å². The molecule has 0 bridgehead atoms. The van der Waals surface area contributed by atoms with E-state index in [1.165, 1.54) is 30.8 Å². The fraction of sp³-hybridized carbons (Fsp3) is 0.250. The zero-order valence-electron chi connectivity index (χ0n) is 17.8. The molecule has 12 heteroatoms. The maximum Gasteiger partial charge on any atom is 0.208 e. The minimum Gasteiger partial charge on any atom is -0.490 e. The summed E-state index contributed by atoms with van der Waals surface area (Å²) in [5.41, 5.74) is 2.49. The van der Waals surface area contributed by atoms with Gasteiger partial charge in [0.05, 0.1) is 17.5 Å². The molecule has 3 N–H and O–H groups in total. The molecule has 2 aromatic carbocycles. The number of ether oxygens (including phenoxy) is 1. The van der Waals surface area contributed by atoms with Crippen molar-refractivity contribution < 1.29 is 21.8 Å². The van der Waals surface area contributed by atoms with E-state index in [1.807, 2.05) is 13.0 Å². The molecule has 1 heterocycles. The summed E-state index contributed by atoms with van der Waals surface area (Å²) < 4.78 is 58.9. The van der Waals surface area contributed by atoms with Gasteiger partial charge in [0, 0.05) is 39.6 Å². The van der Waals surface area contributed by atoms with Crippen molar-refractivity contribution in [2.75, 3.05) is 35.7 Å². The van der Waals surface area contributed by atoms with Crippen LogP contribution in [0, 0.1) is 12.7 Å². The highest BCUT2D eigenvalue weighted by molar-refractivity contribution is 8.00. The number of anilines is 3. The van der Waals surface area contributed by atoms with Crippen molar-refractivity contribution in [2.24, 2.45) is 0 Å². The lowest BCUT2D eigenvalue weighted by Crippen LogP contribution is -2.27. The van der Waals surface area contributed by atoms with Crippen molar-refractivity contribution in [3.63, 3.8) is 0 Å². The molecule has 9 nitrogen and oxygen atoms in total. The molecule has 172 valence electrons. The molecule has 32 heavy (non-hydrogen) atoms. The molecule has 0 aliphatic heterocycles. The van der Waals surface area contributed by atoms with Gasteiger partial charge in [-0.25, -0.2) is 31.7 Å². The second kappa shape index (κ2) is 9.27. The summed E-state index contributed by atoms with van der Waals surface area (Å²) in [6.45, 7) is 1.90. The lowest BCUT2D eigenvalue weighted by molar-refractivity contribution is 0.323. The molecule has 1 atom stereocenters. The first-order chi connectivity index (χ1) is 14.9. The molecule has 0 radical (unpaired) electrons. The number of hydrogen-bond donors (Lipinski definition) is 3. The number of benzene rings is 2. The van der Waals surface area contributed by atoms with Crippen LogP contribution in [0.5, 0.6) is 5.75 Å². The minimum atomic E-state index is -3.35. The largest absolute Gasteiger partial charge is 0.490 e. The molecule has 3 rings (SSSR count). The topological polar surface area (TPSA) is 122 Å². The SMILES string of the molecule is C=S(C)(=O)Nc1cc(C)c2c(Nc3ccc(F)cc3OCCNS(C)(=O)=O)ncnc2c1. The van der Waals surface area contributed by atoms with Crippen LogP contribution >= 0.6 is 0 Å². The number of aromatic nitrogens is 2. The van der Waals surface area contributed by atoms with E-state index < -0.39 is 25.5 Å². The van der Waals surface area contributed by atoms with Gasteiger partial charge in [0.25, 0.3) is 0 Å². The smallest absolute Gasteiger partial charge is 0.208 e. The lowest BCUT2D eigenvalue weighted by atomic mass is 10.1. The Hall–Kier alpha value is -2.96. The fourth-order valence-electron chi connectivity index (χ4n) is 3.03. The molecule has 1 aromatic heterocycles. The fourth-order valence-corrected chi connectivity index (χ4v) is 4.10. The third-order valence-electron chi connectivity index (χ3n) is 4.19. The Kier molecular flexibility index (Phi) is 6.86. The van der Waals surface area contributed by atoms with Gasteiger partial charge in [-0.2, -0.15) is 0 Å². The molecule has 1 unspecified atom stereocenters. The van der Waals surface area contributed by atoms with Crippen LogP contribution in [0.3, 0.4) is 0 Å². The average Bonchev–Trinajstić information content (AvgIpc) is 2.65. The first-order valence-electron chi connectivity index (χ1n) is 9.41. The Morgan fingerprint density at radius 2 is 1.88 bits per heavy atom. The molecule has 0 fully saturated rings. The average molecular weight is 482 g/mol. The van der Waals surface area contributed by atoms with Gasteiger partial charge in [-0.05, 0) is 42.6 Å². The number of nitrogens with one attached hydrogen (secondary N) is 3. The standard InChI is InChI=1S/C20H24FN5O4S2/c1-13-9-15(26-31(2,3)27)11-17-19(13)20(23-12-22-17)25-16-6-5-14(21)10-18(16)30-8-7-24-32(4,28)29/h5-6,9-12,24H,2,7-8H2,1,3-4H3,(H,26,27)(H,22,23,25). The summed E-state index contributed by atoms with van der Waals surface area (Å²) in [6, 6.07) is 7.52. The second-order valence-electron chi connectivity index (χ2n) is 7.30. The van der Waals surface area contributed by atoms with Crippen molar-refractivity contribution in [3.05, 3.63) is 48.0 Å². The van der Waals surface area contributed by atoms with Crippen LogP contribution in [0.2, 0.25) is 0 Å². The Labute approximate surface area is 186 Å². The molecule has 0 spiro atoms. The maximum absolute atomic E-state index is 13.8. The molecule has 3 aromatic rings. The highest BCUT2D eigenvalue weighted by Crippen LogP contribution is 2.33. The Morgan fingerprint density at radius 3 is 2.56 bits per heavy atom. The van der Waals surface area contributed by atoms with Crippen molar-refractivity contribution in [1.29, 1.82) is 0 Å². The first-order valence-corrected chi connectivity index (χ1v) is 13.4. The van der Waals surface area contributed by atoms with Gasteiger partial charge < -0.3 is 14.8 Å². The summed E-state index contributed by atoms with van der Waals surface area (Å²) >= 11 is 0. The molecule has 0 aliphatic rings. The third kappa shape index (κ3) is 6.52. The van der Waals surface area contributed by atoms with Gasteiger partial charge >= 0.3 is 0 Å².